The lowest BCUT2D eigenvalue weighted by Crippen LogP contribution is -2.37. The summed E-state index contributed by atoms with van der Waals surface area (Å²) in [6.07, 6.45) is 16.0. The molecule has 2 aliphatic carbocycles. The lowest BCUT2D eigenvalue weighted by molar-refractivity contribution is 0.111. The van der Waals surface area contributed by atoms with Gasteiger partial charge in [-0.15, -0.1) is 0 Å². The first-order valence-electron chi connectivity index (χ1n) is 13.3. The van der Waals surface area contributed by atoms with E-state index < -0.39 is 0 Å². The van der Waals surface area contributed by atoms with Crippen LogP contribution in [0.1, 0.15) is 95.2 Å². The molecule has 0 radical (unpaired) electrons. The topological polar surface area (TPSA) is 42.2 Å². The Morgan fingerprint density at radius 1 is 0.758 bits per heavy atom. The Labute approximate surface area is 202 Å². The molecule has 2 aliphatic rings. The molecule has 0 aliphatic heterocycles. The molecular weight excluding hydrogens is 402 g/mol. The molecule has 3 nitrogen and oxygen atoms in total. The summed E-state index contributed by atoms with van der Waals surface area (Å²) in [5.41, 5.74) is 10.5. The van der Waals surface area contributed by atoms with Crippen LogP contribution in [0.3, 0.4) is 0 Å². The Kier molecular flexibility index (Phi) is 8.24. The van der Waals surface area contributed by atoms with Crippen LogP contribution in [-0.2, 0) is 18.5 Å². The van der Waals surface area contributed by atoms with Gasteiger partial charge in [0, 0.05) is 37.6 Å². The van der Waals surface area contributed by atoms with Crippen molar-refractivity contribution >= 4 is 0 Å². The molecule has 0 amide bonds. The van der Waals surface area contributed by atoms with Crippen LogP contribution in [0.15, 0.2) is 48.8 Å². The van der Waals surface area contributed by atoms with Gasteiger partial charge < -0.3 is 5.73 Å². The normalized spacial score (nSPS) is 26.5. The van der Waals surface area contributed by atoms with Crippen LogP contribution in [0.2, 0.25) is 0 Å². The van der Waals surface area contributed by atoms with Crippen LogP contribution >= 0.6 is 0 Å². The molecule has 180 valence electrons. The molecule has 4 rings (SSSR count). The highest BCUT2D eigenvalue weighted by Crippen LogP contribution is 2.37. The maximum atomic E-state index is 6.13. The zero-order chi connectivity index (χ0) is 23.3. The molecule has 0 bridgehead atoms. The molecule has 2 fully saturated rings. The van der Waals surface area contributed by atoms with Gasteiger partial charge >= 0.3 is 0 Å². The van der Waals surface area contributed by atoms with Gasteiger partial charge in [0.1, 0.15) is 0 Å². The fourth-order valence-corrected chi connectivity index (χ4v) is 6.02. The molecule has 3 heteroatoms. The first-order valence-corrected chi connectivity index (χ1v) is 13.3. The van der Waals surface area contributed by atoms with Crippen LogP contribution in [0.4, 0.5) is 0 Å². The molecule has 33 heavy (non-hydrogen) atoms. The lowest BCUT2D eigenvalue weighted by atomic mass is 9.75. The van der Waals surface area contributed by atoms with E-state index in [0.717, 1.165) is 24.9 Å². The van der Waals surface area contributed by atoms with Crippen molar-refractivity contribution in [3.63, 3.8) is 0 Å². The average Bonchev–Trinajstić information content (AvgIpc) is 2.81. The Hall–Kier alpha value is -1.71. The van der Waals surface area contributed by atoms with E-state index in [-0.39, 0.29) is 5.41 Å². The predicted octanol–water partition coefficient (Wildman–Crippen LogP) is 6.85. The van der Waals surface area contributed by atoms with Crippen LogP contribution in [0.5, 0.6) is 0 Å². The standard InChI is InChI=1S/C30H45N3/c1-30(2,3)27-10-4-25(5-11-27)21-33(22-26-16-18-32-19-17-26)29-14-8-24(9-15-29)20-23-6-12-28(31)13-7-23/h4-5,10-11,16-19,23-24,28-29H,6-9,12-15,20-22,31H2,1-3H3. The summed E-state index contributed by atoms with van der Waals surface area (Å²) in [5, 5.41) is 0. The molecule has 2 aromatic rings. The van der Waals surface area contributed by atoms with E-state index in [4.69, 9.17) is 5.73 Å². The number of nitrogens with zero attached hydrogens (tertiary/aromatic N) is 2. The van der Waals surface area contributed by atoms with E-state index in [9.17, 15) is 0 Å². The molecule has 1 aromatic carbocycles. The van der Waals surface area contributed by atoms with Crippen LogP contribution in [-0.4, -0.2) is 22.0 Å². The minimum atomic E-state index is 0.205. The van der Waals surface area contributed by atoms with Crippen LogP contribution < -0.4 is 5.73 Å². The molecule has 2 N–H and O–H groups in total. The van der Waals surface area contributed by atoms with Crippen molar-refractivity contribution in [2.24, 2.45) is 17.6 Å². The third kappa shape index (κ3) is 7.13. The van der Waals surface area contributed by atoms with Gasteiger partial charge in [0.2, 0.25) is 0 Å². The summed E-state index contributed by atoms with van der Waals surface area (Å²) >= 11 is 0. The fourth-order valence-electron chi connectivity index (χ4n) is 6.02. The van der Waals surface area contributed by atoms with Gasteiger partial charge in [-0.3, -0.25) is 9.88 Å². The summed E-state index contributed by atoms with van der Waals surface area (Å²) < 4.78 is 0. The number of aromatic nitrogens is 1. The van der Waals surface area contributed by atoms with Crippen molar-refractivity contribution in [3.8, 4) is 0 Å². The van der Waals surface area contributed by atoms with E-state index in [1.807, 2.05) is 12.4 Å². The van der Waals surface area contributed by atoms with Crippen molar-refractivity contribution < 1.29 is 0 Å². The zero-order valence-electron chi connectivity index (χ0n) is 21.2. The van der Waals surface area contributed by atoms with Crippen LogP contribution in [0.25, 0.3) is 0 Å². The summed E-state index contributed by atoms with van der Waals surface area (Å²) in [5.74, 6) is 1.86. The van der Waals surface area contributed by atoms with Gasteiger partial charge in [0.15, 0.2) is 0 Å². The molecule has 2 saturated carbocycles. The van der Waals surface area contributed by atoms with Crippen molar-refractivity contribution in [2.45, 2.75) is 109 Å². The molecule has 0 spiro atoms. The fraction of sp³-hybridized carbons (Fsp3) is 0.633. The van der Waals surface area contributed by atoms with Gasteiger partial charge in [-0.05, 0) is 104 Å². The summed E-state index contributed by atoms with van der Waals surface area (Å²) in [4.78, 5) is 6.96. The van der Waals surface area contributed by atoms with Crippen molar-refractivity contribution in [1.82, 2.24) is 9.88 Å². The highest BCUT2D eigenvalue weighted by atomic mass is 15.2. The minimum absolute atomic E-state index is 0.205. The maximum Gasteiger partial charge on any atom is 0.0271 e. The number of benzene rings is 1. The first kappa shape index (κ1) is 24.4. The summed E-state index contributed by atoms with van der Waals surface area (Å²) in [6, 6.07) is 14.8. The van der Waals surface area contributed by atoms with Gasteiger partial charge in [0.05, 0.1) is 0 Å². The van der Waals surface area contributed by atoms with E-state index >= 15 is 0 Å². The van der Waals surface area contributed by atoms with E-state index in [1.165, 1.54) is 74.5 Å². The average molecular weight is 448 g/mol. The third-order valence-electron chi connectivity index (χ3n) is 8.23. The zero-order valence-corrected chi connectivity index (χ0v) is 21.2. The second kappa shape index (κ2) is 11.1. The van der Waals surface area contributed by atoms with Crippen molar-refractivity contribution in [3.05, 3.63) is 65.5 Å². The second-order valence-electron chi connectivity index (χ2n) is 11.9. The molecule has 1 aromatic heterocycles. The van der Waals surface area contributed by atoms with Crippen molar-refractivity contribution in [1.29, 1.82) is 0 Å². The monoisotopic (exact) mass is 447 g/mol. The SMILES string of the molecule is CC(C)(C)c1ccc(CN(Cc2ccncc2)C2CCC(CC3CCC(N)CC3)CC2)cc1. The maximum absolute atomic E-state index is 6.13. The van der Waals surface area contributed by atoms with E-state index in [1.54, 1.807) is 0 Å². The first-order chi connectivity index (χ1) is 15.9. The van der Waals surface area contributed by atoms with E-state index in [2.05, 4.69) is 67.1 Å². The molecular formula is C30H45N3. The number of hydrogen-bond acceptors (Lipinski definition) is 3. The predicted molar refractivity (Wildman–Crippen MR) is 139 cm³/mol. The Balaban J connectivity index is 1.38. The minimum Gasteiger partial charge on any atom is -0.328 e. The Morgan fingerprint density at radius 3 is 1.82 bits per heavy atom. The quantitative estimate of drug-likeness (QED) is 0.505. The number of rotatable bonds is 7. The van der Waals surface area contributed by atoms with Crippen molar-refractivity contribution in [2.75, 3.05) is 0 Å². The second-order valence-corrected chi connectivity index (χ2v) is 11.9. The van der Waals surface area contributed by atoms with Gasteiger partial charge in [-0.25, -0.2) is 0 Å². The molecule has 1 heterocycles. The summed E-state index contributed by atoms with van der Waals surface area (Å²) in [7, 11) is 0. The molecule has 0 saturated heterocycles. The van der Waals surface area contributed by atoms with Crippen LogP contribution in [0, 0.1) is 11.8 Å². The highest BCUT2D eigenvalue weighted by Gasteiger charge is 2.29. The number of nitrogens with two attached hydrogens (primary N) is 1. The van der Waals surface area contributed by atoms with Gasteiger partial charge in [-0.2, -0.15) is 0 Å². The summed E-state index contributed by atoms with van der Waals surface area (Å²) in [6.45, 7) is 8.91. The number of hydrogen-bond donors (Lipinski definition) is 1. The number of pyridine rings is 1. The lowest BCUT2D eigenvalue weighted by Gasteiger charge is -2.38. The van der Waals surface area contributed by atoms with Gasteiger partial charge in [-0.1, -0.05) is 45.0 Å². The smallest absolute Gasteiger partial charge is 0.0271 e. The molecule has 0 unspecified atom stereocenters. The molecule has 0 atom stereocenters. The third-order valence-corrected chi connectivity index (χ3v) is 8.23. The highest BCUT2D eigenvalue weighted by molar-refractivity contribution is 5.27. The Morgan fingerprint density at radius 2 is 1.27 bits per heavy atom. The van der Waals surface area contributed by atoms with Gasteiger partial charge in [0.25, 0.3) is 0 Å². The largest absolute Gasteiger partial charge is 0.328 e. The van der Waals surface area contributed by atoms with E-state index in [0.29, 0.717) is 12.1 Å². The Bertz CT molecular complexity index is 823.